The highest BCUT2D eigenvalue weighted by Crippen LogP contribution is 2.25. The van der Waals surface area contributed by atoms with Crippen molar-refractivity contribution in [3.63, 3.8) is 0 Å². The van der Waals surface area contributed by atoms with Crippen LogP contribution in [0.4, 0.5) is 11.4 Å². The topological polar surface area (TPSA) is 70.4 Å². The van der Waals surface area contributed by atoms with Gasteiger partial charge in [-0.25, -0.2) is 0 Å². The van der Waals surface area contributed by atoms with Gasteiger partial charge in [-0.2, -0.15) is 5.10 Å². The zero-order valence-electron chi connectivity index (χ0n) is 14.1. The number of aryl methyl sites for hydroxylation is 1. The van der Waals surface area contributed by atoms with E-state index in [1.165, 1.54) is 0 Å². The van der Waals surface area contributed by atoms with Crippen molar-refractivity contribution in [1.29, 1.82) is 0 Å². The number of rotatable bonds is 4. The normalized spacial score (nSPS) is 20.9. The highest BCUT2D eigenvalue weighted by atomic mass is 16.3. The Hall–Kier alpha value is -2.34. The molecule has 0 aliphatic carbocycles. The summed E-state index contributed by atoms with van der Waals surface area (Å²) in [6.07, 6.45) is 5.54. The second kappa shape index (κ2) is 7.05. The maximum Gasteiger partial charge on any atom is 0.254 e. The van der Waals surface area contributed by atoms with Crippen molar-refractivity contribution in [3.05, 3.63) is 42.2 Å². The molecule has 2 atom stereocenters. The molecule has 0 spiro atoms. The van der Waals surface area contributed by atoms with Crippen LogP contribution in [0.3, 0.4) is 0 Å². The van der Waals surface area contributed by atoms with Gasteiger partial charge in [0.15, 0.2) is 0 Å². The molecular formula is C18H24N4O2. The molecule has 128 valence electrons. The number of likely N-dealkylation sites (tertiary alicyclic amines) is 1. The number of benzene rings is 1. The van der Waals surface area contributed by atoms with Crippen LogP contribution >= 0.6 is 0 Å². The van der Waals surface area contributed by atoms with E-state index in [4.69, 9.17) is 0 Å². The molecule has 1 aliphatic rings. The minimum atomic E-state index is 0.0236. The molecule has 2 N–H and O–H groups in total. The Balaban J connectivity index is 1.76. The summed E-state index contributed by atoms with van der Waals surface area (Å²) in [7, 11) is 1.86. The van der Waals surface area contributed by atoms with Crippen molar-refractivity contribution in [3.8, 4) is 0 Å². The molecule has 1 fully saturated rings. The molecular weight excluding hydrogens is 304 g/mol. The fourth-order valence-electron chi connectivity index (χ4n) is 3.16. The average Bonchev–Trinajstić information content (AvgIpc) is 3.00. The minimum absolute atomic E-state index is 0.0236. The fraction of sp³-hybridized carbons (Fsp3) is 0.444. The molecule has 6 heteroatoms. The molecule has 2 heterocycles. The van der Waals surface area contributed by atoms with E-state index in [0.717, 1.165) is 24.2 Å². The van der Waals surface area contributed by atoms with Crippen molar-refractivity contribution in [1.82, 2.24) is 14.7 Å². The third kappa shape index (κ3) is 3.59. The number of aliphatic hydroxyl groups excluding tert-OH is 1. The van der Waals surface area contributed by atoms with Crippen LogP contribution in [-0.4, -0.2) is 44.9 Å². The third-order valence-electron chi connectivity index (χ3n) is 4.60. The van der Waals surface area contributed by atoms with E-state index in [2.05, 4.69) is 17.3 Å². The first-order valence-corrected chi connectivity index (χ1v) is 8.34. The van der Waals surface area contributed by atoms with Crippen molar-refractivity contribution in [2.45, 2.75) is 25.8 Å². The number of anilines is 2. The van der Waals surface area contributed by atoms with Crippen LogP contribution in [0, 0.1) is 5.92 Å². The van der Waals surface area contributed by atoms with E-state index in [9.17, 15) is 9.90 Å². The number of carbonyl (C=O) groups is 1. The van der Waals surface area contributed by atoms with Gasteiger partial charge in [-0.1, -0.05) is 6.07 Å². The van der Waals surface area contributed by atoms with Crippen molar-refractivity contribution < 1.29 is 9.90 Å². The largest absolute Gasteiger partial charge is 0.396 e. The first kappa shape index (κ1) is 16.5. The van der Waals surface area contributed by atoms with Crippen molar-refractivity contribution in [2.24, 2.45) is 13.0 Å². The highest BCUT2D eigenvalue weighted by Gasteiger charge is 2.29. The molecule has 0 radical (unpaired) electrons. The molecule has 0 bridgehead atoms. The molecule has 2 aromatic rings. The number of hydrogen-bond donors (Lipinski definition) is 2. The summed E-state index contributed by atoms with van der Waals surface area (Å²) in [6, 6.07) is 7.72. The van der Waals surface area contributed by atoms with E-state index in [0.29, 0.717) is 12.1 Å². The van der Waals surface area contributed by atoms with Crippen LogP contribution in [0.2, 0.25) is 0 Å². The standard InChI is InChI=1S/C18H24N4O2/c1-13-6-7-14(12-23)10-22(13)18(24)15-4-3-5-16(8-15)20-17-9-19-21(2)11-17/h3-5,8-9,11,13-14,20,23H,6-7,10,12H2,1-2H3. The van der Waals surface area contributed by atoms with E-state index in [-0.39, 0.29) is 24.5 Å². The summed E-state index contributed by atoms with van der Waals surface area (Å²) in [5.74, 6) is 0.206. The molecule has 24 heavy (non-hydrogen) atoms. The summed E-state index contributed by atoms with van der Waals surface area (Å²) in [6.45, 7) is 2.83. The smallest absolute Gasteiger partial charge is 0.254 e. The molecule has 3 rings (SSSR count). The number of nitrogens with one attached hydrogen (secondary N) is 1. The molecule has 6 nitrogen and oxygen atoms in total. The van der Waals surface area contributed by atoms with Crippen LogP contribution in [0.5, 0.6) is 0 Å². The first-order valence-electron chi connectivity index (χ1n) is 8.34. The monoisotopic (exact) mass is 328 g/mol. The Kier molecular flexibility index (Phi) is 4.85. The van der Waals surface area contributed by atoms with Gasteiger partial charge < -0.3 is 15.3 Å². The van der Waals surface area contributed by atoms with E-state index in [1.807, 2.05) is 42.4 Å². The number of hydrogen-bond acceptors (Lipinski definition) is 4. The molecule has 1 amide bonds. The summed E-state index contributed by atoms with van der Waals surface area (Å²) in [5, 5.41) is 16.8. The van der Waals surface area contributed by atoms with E-state index >= 15 is 0 Å². The number of amides is 1. The second-order valence-electron chi connectivity index (χ2n) is 6.54. The van der Waals surface area contributed by atoms with Gasteiger partial charge in [0, 0.05) is 43.7 Å². The lowest BCUT2D eigenvalue weighted by molar-refractivity contribution is 0.0489. The van der Waals surface area contributed by atoms with Crippen molar-refractivity contribution in [2.75, 3.05) is 18.5 Å². The van der Waals surface area contributed by atoms with Crippen LogP contribution < -0.4 is 5.32 Å². The fourth-order valence-corrected chi connectivity index (χ4v) is 3.16. The van der Waals surface area contributed by atoms with Gasteiger partial charge >= 0.3 is 0 Å². The predicted octanol–water partition coefficient (Wildman–Crippen LogP) is 2.40. The van der Waals surface area contributed by atoms with Crippen LogP contribution in [0.15, 0.2) is 36.7 Å². The minimum Gasteiger partial charge on any atom is -0.396 e. The lowest BCUT2D eigenvalue weighted by atomic mass is 9.93. The highest BCUT2D eigenvalue weighted by molar-refractivity contribution is 5.95. The summed E-state index contributed by atoms with van der Waals surface area (Å²) in [5.41, 5.74) is 2.40. The average molecular weight is 328 g/mol. The zero-order valence-corrected chi connectivity index (χ0v) is 14.1. The van der Waals surface area contributed by atoms with Gasteiger partial charge in [0.2, 0.25) is 0 Å². The van der Waals surface area contributed by atoms with Crippen LogP contribution in [0.1, 0.15) is 30.1 Å². The van der Waals surface area contributed by atoms with Gasteiger partial charge in [0.05, 0.1) is 11.9 Å². The lowest BCUT2D eigenvalue weighted by Crippen LogP contribution is -2.46. The SMILES string of the molecule is CC1CCC(CO)CN1C(=O)c1cccc(Nc2cnn(C)c2)c1. The Morgan fingerprint density at radius 3 is 2.92 bits per heavy atom. The quantitative estimate of drug-likeness (QED) is 0.904. The Labute approximate surface area is 142 Å². The maximum absolute atomic E-state index is 12.9. The number of piperidine rings is 1. The third-order valence-corrected chi connectivity index (χ3v) is 4.60. The molecule has 1 aromatic heterocycles. The van der Waals surface area contributed by atoms with Crippen LogP contribution in [-0.2, 0) is 7.05 Å². The predicted molar refractivity (Wildman–Crippen MR) is 93.2 cm³/mol. The molecule has 0 saturated carbocycles. The molecule has 2 unspecified atom stereocenters. The number of aliphatic hydroxyl groups is 1. The Bertz CT molecular complexity index is 713. The van der Waals surface area contributed by atoms with Gasteiger partial charge in [-0.05, 0) is 43.9 Å². The molecule has 1 aromatic carbocycles. The maximum atomic E-state index is 12.9. The second-order valence-corrected chi connectivity index (χ2v) is 6.54. The lowest BCUT2D eigenvalue weighted by Gasteiger charge is -2.37. The number of aromatic nitrogens is 2. The van der Waals surface area contributed by atoms with Gasteiger partial charge in [-0.3, -0.25) is 9.48 Å². The van der Waals surface area contributed by atoms with Gasteiger partial charge in [0.25, 0.3) is 5.91 Å². The molecule has 1 aliphatic heterocycles. The first-order chi connectivity index (χ1) is 11.6. The van der Waals surface area contributed by atoms with Gasteiger partial charge in [0.1, 0.15) is 0 Å². The Morgan fingerprint density at radius 1 is 1.38 bits per heavy atom. The van der Waals surface area contributed by atoms with E-state index < -0.39 is 0 Å². The number of nitrogens with zero attached hydrogens (tertiary/aromatic N) is 3. The van der Waals surface area contributed by atoms with Crippen molar-refractivity contribution >= 4 is 17.3 Å². The van der Waals surface area contributed by atoms with E-state index in [1.54, 1.807) is 10.9 Å². The summed E-state index contributed by atoms with van der Waals surface area (Å²) >= 11 is 0. The summed E-state index contributed by atoms with van der Waals surface area (Å²) in [4.78, 5) is 14.8. The summed E-state index contributed by atoms with van der Waals surface area (Å²) < 4.78 is 1.72. The molecule has 1 saturated heterocycles. The van der Waals surface area contributed by atoms with Crippen LogP contribution in [0.25, 0.3) is 0 Å². The van der Waals surface area contributed by atoms with Gasteiger partial charge in [-0.15, -0.1) is 0 Å². The zero-order chi connectivity index (χ0) is 17.1. The Morgan fingerprint density at radius 2 is 2.21 bits per heavy atom. The number of carbonyl (C=O) groups excluding carboxylic acids is 1.